The molecule has 2 heterocycles. The minimum absolute atomic E-state index is 0.155. The summed E-state index contributed by atoms with van der Waals surface area (Å²) < 4.78 is 30.6. The van der Waals surface area contributed by atoms with Crippen LogP contribution in [-0.2, 0) is 27.4 Å². The molecule has 1 fully saturated rings. The van der Waals surface area contributed by atoms with E-state index < -0.39 is 16.9 Å². The molecule has 298 valence electrons. The van der Waals surface area contributed by atoms with Crippen LogP contribution < -0.4 is 15.3 Å². The highest BCUT2D eigenvalue weighted by Crippen LogP contribution is 2.41. The third kappa shape index (κ3) is 9.20. The van der Waals surface area contributed by atoms with Gasteiger partial charge in [0.1, 0.15) is 24.0 Å². The number of aryl methyl sites for hydroxylation is 1. The molecule has 1 atom stereocenters. The second kappa shape index (κ2) is 18.2. The van der Waals surface area contributed by atoms with Crippen LogP contribution >= 0.6 is 34.2 Å². The number of aromatic nitrogens is 2. The Hall–Kier alpha value is -4.75. The summed E-state index contributed by atoms with van der Waals surface area (Å²) in [6, 6.07) is 23.4. The predicted molar refractivity (Wildman–Crippen MR) is 233 cm³/mol. The van der Waals surface area contributed by atoms with E-state index in [1.807, 2.05) is 74.2 Å². The first-order valence-corrected chi connectivity index (χ1v) is 20.6. The number of hydrogen-bond donors (Lipinski definition) is 0. The minimum Gasteiger partial charge on any atom is -0.493 e. The molecule has 0 N–H and O–H groups in total. The number of carbonyl (C=O) groups is 2. The number of esters is 1. The number of fused-ring (bicyclic) bond motifs is 1. The SMILES string of the molecule is C=CC(=O)N1CCN(c2nc(=O)n(-c3ccccc3CCC)c3cc(-c4c(F)cccc4OCCCC(C)(C)C(=O)OCc4ccccc4I)c(Cl)cc23)[C@@H](C)C1. The van der Waals surface area contributed by atoms with Gasteiger partial charge in [0.05, 0.1) is 28.8 Å². The van der Waals surface area contributed by atoms with Crippen molar-refractivity contribution < 1.29 is 23.5 Å². The van der Waals surface area contributed by atoms with Gasteiger partial charge < -0.3 is 19.3 Å². The lowest BCUT2D eigenvalue weighted by molar-refractivity contribution is -0.155. The summed E-state index contributed by atoms with van der Waals surface area (Å²) in [6.45, 7) is 13.1. The molecule has 57 heavy (non-hydrogen) atoms. The minimum atomic E-state index is -0.773. The van der Waals surface area contributed by atoms with Crippen LogP contribution in [0.1, 0.15) is 58.1 Å². The third-order valence-electron chi connectivity index (χ3n) is 10.4. The second-order valence-electron chi connectivity index (χ2n) is 14.9. The van der Waals surface area contributed by atoms with E-state index in [1.165, 1.54) is 12.1 Å². The van der Waals surface area contributed by atoms with E-state index in [0.717, 1.165) is 27.5 Å². The molecule has 0 aliphatic carbocycles. The highest BCUT2D eigenvalue weighted by Gasteiger charge is 2.31. The van der Waals surface area contributed by atoms with Crippen LogP contribution in [-0.4, -0.2) is 58.6 Å². The van der Waals surface area contributed by atoms with Gasteiger partial charge in [0.15, 0.2) is 0 Å². The van der Waals surface area contributed by atoms with Crippen LogP contribution in [0, 0.1) is 14.8 Å². The number of para-hydroxylation sites is 1. The number of carbonyl (C=O) groups excluding carboxylic acids is 2. The van der Waals surface area contributed by atoms with Gasteiger partial charge >= 0.3 is 11.7 Å². The lowest BCUT2D eigenvalue weighted by Crippen LogP contribution is -2.54. The standard InChI is InChI=1S/C45H47ClFIN4O5/c1-6-14-30-15-9-11-19-37(30)52-38-26-32(34(46)25-33(38)42(49-44(52)55)51-23-22-50(27-29(51)3)40(53)7-2)41-35(47)17-12-20-39(41)56-24-13-21-45(4,5)43(54)57-28-31-16-8-10-18-36(31)48/h7-12,15-20,25-26,29H,2,6,13-14,21-24,27-28H2,1,3-5H3/t29-/m0/s1. The first-order valence-electron chi connectivity index (χ1n) is 19.2. The number of piperazine rings is 1. The fourth-order valence-corrected chi connectivity index (χ4v) is 8.12. The van der Waals surface area contributed by atoms with Gasteiger partial charge in [-0.05, 0) is 111 Å². The monoisotopic (exact) mass is 904 g/mol. The van der Waals surface area contributed by atoms with Gasteiger partial charge in [0.25, 0.3) is 0 Å². The van der Waals surface area contributed by atoms with Crippen LogP contribution in [0.3, 0.4) is 0 Å². The Labute approximate surface area is 351 Å². The van der Waals surface area contributed by atoms with Crippen LogP contribution in [0.15, 0.2) is 96.3 Å². The summed E-state index contributed by atoms with van der Waals surface area (Å²) in [4.78, 5) is 48.2. The number of hydrogen-bond acceptors (Lipinski definition) is 7. The molecule has 1 amide bonds. The van der Waals surface area contributed by atoms with Gasteiger partial charge in [-0.15, -0.1) is 0 Å². The maximum Gasteiger partial charge on any atom is 0.354 e. The van der Waals surface area contributed by atoms with Crippen molar-refractivity contribution >= 4 is 62.8 Å². The van der Waals surface area contributed by atoms with Crippen molar-refractivity contribution in [2.45, 2.75) is 66.0 Å². The zero-order chi connectivity index (χ0) is 40.9. The van der Waals surface area contributed by atoms with Crippen LogP contribution in [0.2, 0.25) is 5.02 Å². The van der Waals surface area contributed by atoms with E-state index in [-0.39, 0.29) is 47.5 Å². The molecule has 5 aromatic rings. The largest absolute Gasteiger partial charge is 0.493 e. The number of rotatable bonds is 14. The molecule has 0 radical (unpaired) electrons. The van der Waals surface area contributed by atoms with E-state index in [4.69, 9.17) is 21.1 Å². The van der Waals surface area contributed by atoms with E-state index >= 15 is 4.39 Å². The second-order valence-corrected chi connectivity index (χ2v) is 16.5. The molecule has 0 spiro atoms. The molecule has 4 aromatic carbocycles. The number of amides is 1. The number of nitrogens with zero attached hydrogens (tertiary/aromatic N) is 4. The Kier molecular flexibility index (Phi) is 13.4. The van der Waals surface area contributed by atoms with Crippen molar-refractivity contribution in [1.82, 2.24) is 14.5 Å². The Balaban J connectivity index is 1.34. The summed E-state index contributed by atoms with van der Waals surface area (Å²) in [7, 11) is 0. The maximum atomic E-state index is 16.1. The normalized spacial score (nSPS) is 14.5. The van der Waals surface area contributed by atoms with Gasteiger partial charge in [-0.1, -0.05) is 74.0 Å². The van der Waals surface area contributed by atoms with Gasteiger partial charge in [-0.3, -0.25) is 14.2 Å². The molecule has 1 aromatic heterocycles. The van der Waals surface area contributed by atoms with E-state index in [0.29, 0.717) is 60.4 Å². The maximum absolute atomic E-state index is 16.1. The fourth-order valence-electron chi connectivity index (χ4n) is 7.32. The summed E-state index contributed by atoms with van der Waals surface area (Å²) in [6.07, 6.45) is 3.87. The average molecular weight is 905 g/mol. The number of anilines is 1. The smallest absolute Gasteiger partial charge is 0.354 e. The van der Waals surface area contributed by atoms with Crippen LogP contribution in [0.25, 0.3) is 27.7 Å². The summed E-state index contributed by atoms with van der Waals surface area (Å²) in [5, 5.41) is 0.859. The quantitative estimate of drug-likeness (QED) is 0.0475. The Morgan fingerprint density at radius 1 is 1.05 bits per heavy atom. The zero-order valence-electron chi connectivity index (χ0n) is 32.7. The molecule has 12 heteroatoms. The van der Waals surface area contributed by atoms with Crippen molar-refractivity contribution in [2.24, 2.45) is 5.41 Å². The summed E-state index contributed by atoms with van der Waals surface area (Å²) in [5.41, 5.74) is 2.34. The molecule has 9 nitrogen and oxygen atoms in total. The van der Waals surface area contributed by atoms with E-state index in [1.54, 1.807) is 33.7 Å². The first-order chi connectivity index (χ1) is 27.3. The number of benzene rings is 4. The molecule has 1 aliphatic rings. The van der Waals surface area contributed by atoms with Crippen molar-refractivity contribution in [2.75, 3.05) is 31.1 Å². The molecule has 1 saturated heterocycles. The van der Waals surface area contributed by atoms with Gasteiger partial charge in [-0.25, -0.2) is 9.18 Å². The molecular formula is C45H47ClFIN4O5. The number of halogens is 3. The Bertz CT molecular complexity index is 2370. The third-order valence-corrected chi connectivity index (χ3v) is 11.8. The van der Waals surface area contributed by atoms with Crippen LogP contribution in [0.5, 0.6) is 5.75 Å². The van der Waals surface area contributed by atoms with Gasteiger partial charge in [-0.2, -0.15) is 4.98 Å². The van der Waals surface area contributed by atoms with E-state index in [2.05, 4.69) is 41.1 Å². The summed E-state index contributed by atoms with van der Waals surface area (Å²) in [5.74, 6) is -0.285. The molecular weight excluding hydrogens is 858 g/mol. The summed E-state index contributed by atoms with van der Waals surface area (Å²) >= 11 is 9.32. The van der Waals surface area contributed by atoms with Crippen molar-refractivity contribution in [3.05, 3.63) is 128 Å². The predicted octanol–water partition coefficient (Wildman–Crippen LogP) is 9.55. The van der Waals surface area contributed by atoms with Crippen LogP contribution in [0.4, 0.5) is 10.2 Å². The van der Waals surface area contributed by atoms with Crippen molar-refractivity contribution in [3.63, 3.8) is 0 Å². The first kappa shape index (κ1) is 41.9. The highest BCUT2D eigenvalue weighted by atomic mass is 127. The molecule has 1 aliphatic heterocycles. The fraction of sp³-hybridized carbons (Fsp3) is 0.333. The molecule has 6 rings (SSSR count). The topological polar surface area (TPSA) is 94.0 Å². The Morgan fingerprint density at radius 3 is 2.51 bits per heavy atom. The van der Waals surface area contributed by atoms with E-state index in [9.17, 15) is 14.4 Å². The highest BCUT2D eigenvalue weighted by molar-refractivity contribution is 14.1. The zero-order valence-corrected chi connectivity index (χ0v) is 35.6. The lowest BCUT2D eigenvalue weighted by atomic mass is 9.88. The lowest BCUT2D eigenvalue weighted by Gasteiger charge is -2.40. The molecule has 0 unspecified atom stereocenters. The van der Waals surface area contributed by atoms with Crippen molar-refractivity contribution in [1.29, 1.82) is 0 Å². The number of ether oxygens (including phenoxy) is 2. The van der Waals surface area contributed by atoms with Gasteiger partial charge in [0.2, 0.25) is 5.91 Å². The Morgan fingerprint density at radius 2 is 1.79 bits per heavy atom. The molecule has 0 saturated carbocycles. The van der Waals surface area contributed by atoms with Gasteiger partial charge in [0, 0.05) is 50.8 Å². The molecule has 0 bridgehead atoms. The average Bonchev–Trinajstić information content (AvgIpc) is 3.19. The van der Waals surface area contributed by atoms with Crippen molar-refractivity contribution in [3.8, 4) is 22.6 Å².